The number of hydrogen-bond donors (Lipinski definition) is 2. The van der Waals surface area contributed by atoms with E-state index in [2.05, 4.69) is 10.6 Å². The summed E-state index contributed by atoms with van der Waals surface area (Å²) in [5.74, 6) is 2.00. The van der Waals surface area contributed by atoms with Crippen molar-refractivity contribution < 1.29 is 9.53 Å². The van der Waals surface area contributed by atoms with Crippen molar-refractivity contribution in [3.63, 3.8) is 0 Å². The zero-order valence-electron chi connectivity index (χ0n) is 15.3. The second-order valence-corrected chi connectivity index (χ2v) is 7.61. The first-order valence-electron chi connectivity index (χ1n) is 9.47. The van der Waals surface area contributed by atoms with Crippen molar-refractivity contribution >= 4 is 5.91 Å². The third-order valence-corrected chi connectivity index (χ3v) is 5.75. The van der Waals surface area contributed by atoms with E-state index in [0.29, 0.717) is 6.54 Å². The lowest BCUT2D eigenvalue weighted by molar-refractivity contribution is -0.123. The summed E-state index contributed by atoms with van der Waals surface area (Å²) in [7, 11) is 0. The van der Waals surface area contributed by atoms with Crippen LogP contribution in [0, 0.1) is 18.3 Å². The number of ether oxygens (including phenoxy) is 1. The maximum absolute atomic E-state index is 12.6. The van der Waals surface area contributed by atoms with E-state index in [0.717, 1.165) is 55.0 Å². The molecule has 4 nitrogen and oxygen atoms in total. The molecular weight excluding hydrogens is 324 g/mol. The van der Waals surface area contributed by atoms with Crippen LogP contribution in [0.25, 0.3) is 0 Å². The lowest BCUT2D eigenvalue weighted by atomic mass is 9.92. The quantitative estimate of drug-likeness (QED) is 0.862. The van der Waals surface area contributed by atoms with Crippen LogP contribution in [0.1, 0.15) is 30.4 Å². The van der Waals surface area contributed by atoms with E-state index >= 15 is 0 Å². The average molecular weight is 350 g/mol. The molecule has 2 fully saturated rings. The fraction of sp³-hybridized carbons (Fsp3) is 0.409. The molecule has 1 aliphatic carbocycles. The van der Waals surface area contributed by atoms with Crippen molar-refractivity contribution in [1.29, 1.82) is 0 Å². The van der Waals surface area contributed by atoms with Gasteiger partial charge < -0.3 is 15.4 Å². The zero-order valence-corrected chi connectivity index (χ0v) is 15.3. The smallest absolute Gasteiger partial charge is 0.223 e. The number of aryl methyl sites for hydroxylation is 1. The van der Waals surface area contributed by atoms with Gasteiger partial charge in [-0.05, 0) is 68.5 Å². The van der Waals surface area contributed by atoms with Gasteiger partial charge in [0.25, 0.3) is 0 Å². The summed E-state index contributed by atoms with van der Waals surface area (Å²) in [6, 6.07) is 15.9. The molecule has 4 heteroatoms. The second kappa shape index (κ2) is 7.12. The van der Waals surface area contributed by atoms with Gasteiger partial charge in [0, 0.05) is 18.0 Å². The van der Waals surface area contributed by atoms with E-state index in [4.69, 9.17) is 4.74 Å². The molecule has 0 radical (unpaired) electrons. The number of carbonyl (C=O) groups is 1. The largest absolute Gasteiger partial charge is 0.457 e. The molecule has 1 atom stereocenters. The van der Waals surface area contributed by atoms with Gasteiger partial charge in [0.15, 0.2) is 0 Å². The zero-order chi connectivity index (χ0) is 18.0. The molecule has 1 saturated carbocycles. The van der Waals surface area contributed by atoms with Gasteiger partial charge in [-0.25, -0.2) is 0 Å². The summed E-state index contributed by atoms with van der Waals surface area (Å²) in [6.45, 7) is 4.63. The molecular formula is C22H26N2O2. The van der Waals surface area contributed by atoms with Crippen molar-refractivity contribution in [2.45, 2.75) is 32.7 Å². The molecule has 1 heterocycles. The molecule has 0 aromatic heterocycles. The van der Waals surface area contributed by atoms with E-state index in [1.807, 2.05) is 55.5 Å². The summed E-state index contributed by atoms with van der Waals surface area (Å²) >= 11 is 0. The molecule has 1 amide bonds. The van der Waals surface area contributed by atoms with Crippen molar-refractivity contribution in [3.05, 3.63) is 59.7 Å². The predicted molar refractivity (Wildman–Crippen MR) is 102 cm³/mol. The van der Waals surface area contributed by atoms with E-state index in [-0.39, 0.29) is 17.2 Å². The van der Waals surface area contributed by atoms with Gasteiger partial charge in [0.2, 0.25) is 5.91 Å². The van der Waals surface area contributed by atoms with Crippen molar-refractivity contribution in [2.75, 3.05) is 13.1 Å². The molecule has 26 heavy (non-hydrogen) atoms. The van der Waals surface area contributed by atoms with Gasteiger partial charge in [0.1, 0.15) is 11.5 Å². The number of para-hydroxylation sites is 1. The Kier molecular flexibility index (Phi) is 4.68. The number of rotatable bonds is 5. The highest BCUT2D eigenvalue weighted by atomic mass is 16.5. The standard InChI is InChI=1S/C22H26N2O2/c1-16-5-4-7-18(13-16)26-20-8-3-2-6-17(20)15-24-21(25)19-14-22(19)9-11-23-12-10-22/h2-8,13,19,23H,9-12,14-15H2,1H3,(H,24,25). The number of nitrogens with one attached hydrogen (secondary N) is 2. The Balaban J connectivity index is 1.39. The fourth-order valence-corrected chi connectivity index (χ4v) is 4.06. The average Bonchev–Trinajstić information content (AvgIpc) is 3.34. The lowest BCUT2D eigenvalue weighted by Crippen LogP contribution is -2.33. The highest BCUT2D eigenvalue weighted by Gasteiger charge is 2.57. The Labute approximate surface area is 155 Å². The van der Waals surface area contributed by atoms with Crippen molar-refractivity contribution in [1.82, 2.24) is 10.6 Å². The first kappa shape index (κ1) is 17.1. The molecule has 4 rings (SSSR count). The summed E-state index contributed by atoms with van der Waals surface area (Å²) in [4.78, 5) is 12.6. The van der Waals surface area contributed by atoms with E-state index in [1.54, 1.807) is 0 Å². The Morgan fingerprint density at radius 2 is 2.00 bits per heavy atom. The summed E-state index contributed by atoms with van der Waals surface area (Å²) in [5, 5.41) is 6.51. The normalized spacial score (nSPS) is 20.6. The Morgan fingerprint density at radius 3 is 2.81 bits per heavy atom. The minimum Gasteiger partial charge on any atom is -0.457 e. The number of carbonyl (C=O) groups excluding carboxylic acids is 1. The highest BCUT2D eigenvalue weighted by molar-refractivity contribution is 5.82. The van der Waals surface area contributed by atoms with Crippen LogP contribution >= 0.6 is 0 Å². The molecule has 1 saturated heterocycles. The van der Waals surface area contributed by atoms with Crippen LogP contribution in [-0.2, 0) is 11.3 Å². The van der Waals surface area contributed by atoms with Crippen LogP contribution < -0.4 is 15.4 Å². The number of amides is 1. The minimum atomic E-state index is 0.189. The second-order valence-electron chi connectivity index (χ2n) is 7.61. The van der Waals surface area contributed by atoms with Crippen LogP contribution in [0.2, 0.25) is 0 Å². The third kappa shape index (κ3) is 3.61. The third-order valence-electron chi connectivity index (χ3n) is 5.75. The minimum absolute atomic E-state index is 0.189. The molecule has 2 aromatic rings. The fourth-order valence-electron chi connectivity index (χ4n) is 4.06. The van der Waals surface area contributed by atoms with Crippen LogP contribution in [0.3, 0.4) is 0 Å². The first-order chi connectivity index (χ1) is 12.7. The van der Waals surface area contributed by atoms with E-state index in [9.17, 15) is 4.79 Å². The molecule has 2 aliphatic rings. The van der Waals surface area contributed by atoms with Crippen molar-refractivity contribution in [2.24, 2.45) is 11.3 Å². The van der Waals surface area contributed by atoms with Crippen LogP contribution in [0.15, 0.2) is 48.5 Å². The van der Waals surface area contributed by atoms with Gasteiger partial charge in [-0.3, -0.25) is 4.79 Å². The number of benzene rings is 2. The van der Waals surface area contributed by atoms with Crippen LogP contribution in [0.4, 0.5) is 0 Å². The number of piperidine rings is 1. The molecule has 1 aliphatic heterocycles. The Bertz CT molecular complexity index is 796. The molecule has 0 bridgehead atoms. The molecule has 2 N–H and O–H groups in total. The summed E-state index contributed by atoms with van der Waals surface area (Å²) in [6.07, 6.45) is 3.29. The van der Waals surface area contributed by atoms with Crippen molar-refractivity contribution in [3.8, 4) is 11.5 Å². The van der Waals surface area contributed by atoms with Gasteiger partial charge >= 0.3 is 0 Å². The topological polar surface area (TPSA) is 50.4 Å². The molecule has 2 aromatic carbocycles. The maximum atomic E-state index is 12.6. The number of hydrogen-bond acceptors (Lipinski definition) is 3. The summed E-state index contributed by atoms with van der Waals surface area (Å²) < 4.78 is 6.05. The van der Waals surface area contributed by atoms with E-state index in [1.165, 1.54) is 0 Å². The monoisotopic (exact) mass is 350 g/mol. The van der Waals surface area contributed by atoms with Gasteiger partial charge in [-0.2, -0.15) is 0 Å². The Morgan fingerprint density at radius 1 is 1.19 bits per heavy atom. The molecule has 136 valence electrons. The molecule has 1 spiro atoms. The van der Waals surface area contributed by atoms with Gasteiger partial charge in [-0.15, -0.1) is 0 Å². The predicted octanol–water partition coefficient (Wildman–Crippen LogP) is 3.79. The molecule has 1 unspecified atom stereocenters. The highest BCUT2D eigenvalue weighted by Crippen LogP contribution is 2.58. The lowest BCUT2D eigenvalue weighted by Gasteiger charge is -2.23. The van der Waals surface area contributed by atoms with Crippen LogP contribution in [-0.4, -0.2) is 19.0 Å². The summed E-state index contributed by atoms with van der Waals surface area (Å²) in [5.41, 5.74) is 2.43. The SMILES string of the molecule is Cc1cccc(Oc2ccccc2CNC(=O)C2CC23CCNCC3)c1. The van der Waals surface area contributed by atoms with Crippen LogP contribution in [0.5, 0.6) is 11.5 Å². The van der Waals surface area contributed by atoms with Gasteiger partial charge in [-0.1, -0.05) is 30.3 Å². The van der Waals surface area contributed by atoms with E-state index < -0.39 is 0 Å². The van der Waals surface area contributed by atoms with Gasteiger partial charge in [0.05, 0.1) is 0 Å². The maximum Gasteiger partial charge on any atom is 0.223 e. The Hall–Kier alpha value is -2.33. The first-order valence-corrected chi connectivity index (χ1v) is 9.47.